The highest BCUT2D eigenvalue weighted by Crippen LogP contribution is 2.31. The third kappa shape index (κ3) is 3.38. The molecule has 0 fully saturated rings. The molecular weight excluding hydrogens is 360 g/mol. The molecule has 4 rings (SSSR count). The molecule has 0 spiro atoms. The van der Waals surface area contributed by atoms with E-state index >= 15 is 0 Å². The van der Waals surface area contributed by atoms with Gasteiger partial charge >= 0.3 is 0 Å². The lowest BCUT2D eigenvalue weighted by atomic mass is 10.2. The summed E-state index contributed by atoms with van der Waals surface area (Å²) in [4.78, 5) is 29.3. The van der Waals surface area contributed by atoms with Crippen molar-refractivity contribution in [1.29, 1.82) is 0 Å². The number of hydrogen-bond donors (Lipinski definition) is 1. The van der Waals surface area contributed by atoms with Crippen molar-refractivity contribution in [3.63, 3.8) is 0 Å². The number of rotatable bonds is 5. The molecule has 25 heavy (non-hydrogen) atoms. The first-order valence-electron chi connectivity index (χ1n) is 7.67. The van der Waals surface area contributed by atoms with Gasteiger partial charge in [-0.05, 0) is 11.4 Å². The molecule has 1 unspecified atom stereocenters. The predicted octanol–water partition coefficient (Wildman–Crippen LogP) is 2.31. The van der Waals surface area contributed by atoms with E-state index in [9.17, 15) is 9.59 Å². The zero-order valence-corrected chi connectivity index (χ0v) is 14.7. The number of nitrogens with zero attached hydrogens (tertiary/aromatic N) is 3. The molecule has 0 bridgehead atoms. The molecule has 0 saturated carbocycles. The van der Waals surface area contributed by atoms with Crippen molar-refractivity contribution in [2.75, 3.05) is 5.75 Å². The van der Waals surface area contributed by atoms with E-state index in [-0.39, 0.29) is 23.9 Å². The summed E-state index contributed by atoms with van der Waals surface area (Å²) in [7, 11) is 0. The standard InChI is InChI=1S/C16H14N4O3S2/c21-14(7-11-9-25-16-17-4-3-15(22)20(11)16)18-8-10-6-12(23-19-10)13-2-1-5-24-13/h1-6,11H,7-9H2,(H,18,21). The molecule has 4 heterocycles. The Morgan fingerprint density at radius 1 is 1.44 bits per heavy atom. The van der Waals surface area contributed by atoms with E-state index in [0.29, 0.717) is 28.9 Å². The molecule has 1 N–H and O–H groups in total. The van der Waals surface area contributed by atoms with Crippen molar-refractivity contribution in [3.05, 3.63) is 51.9 Å². The summed E-state index contributed by atoms with van der Waals surface area (Å²) < 4.78 is 6.88. The normalized spacial score (nSPS) is 15.9. The fourth-order valence-corrected chi connectivity index (χ4v) is 4.44. The number of carbonyl (C=O) groups is 1. The van der Waals surface area contributed by atoms with Crippen LogP contribution in [-0.4, -0.2) is 26.4 Å². The number of hydrogen-bond acceptors (Lipinski definition) is 7. The Hall–Kier alpha value is -2.39. The van der Waals surface area contributed by atoms with E-state index in [4.69, 9.17) is 4.52 Å². The van der Waals surface area contributed by atoms with Gasteiger partial charge in [0, 0.05) is 30.5 Å². The Morgan fingerprint density at radius 2 is 2.36 bits per heavy atom. The first-order chi connectivity index (χ1) is 12.2. The number of thiophene rings is 1. The van der Waals surface area contributed by atoms with Gasteiger partial charge in [0.1, 0.15) is 5.69 Å². The van der Waals surface area contributed by atoms with E-state index in [2.05, 4.69) is 15.5 Å². The molecule has 1 aliphatic rings. The highest BCUT2D eigenvalue weighted by atomic mass is 32.2. The van der Waals surface area contributed by atoms with Crippen LogP contribution < -0.4 is 10.9 Å². The van der Waals surface area contributed by atoms with Crippen LogP contribution in [0.15, 0.2) is 50.3 Å². The largest absolute Gasteiger partial charge is 0.355 e. The Balaban J connectivity index is 1.36. The number of fused-ring (bicyclic) bond motifs is 1. The summed E-state index contributed by atoms with van der Waals surface area (Å²) in [6.07, 6.45) is 1.74. The molecular formula is C16H14N4O3S2. The van der Waals surface area contributed by atoms with E-state index in [1.165, 1.54) is 24.0 Å². The van der Waals surface area contributed by atoms with Crippen LogP contribution in [0.4, 0.5) is 0 Å². The Kier molecular flexibility index (Phi) is 4.41. The van der Waals surface area contributed by atoms with Gasteiger partial charge in [-0.25, -0.2) is 4.98 Å². The first-order valence-corrected chi connectivity index (χ1v) is 9.54. The second-order valence-corrected chi connectivity index (χ2v) is 7.48. The van der Waals surface area contributed by atoms with Crippen LogP contribution in [0.3, 0.4) is 0 Å². The third-order valence-electron chi connectivity index (χ3n) is 3.83. The average molecular weight is 374 g/mol. The summed E-state index contributed by atoms with van der Waals surface area (Å²) in [5.41, 5.74) is 0.543. The van der Waals surface area contributed by atoms with Crippen molar-refractivity contribution in [3.8, 4) is 10.6 Å². The van der Waals surface area contributed by atoms with Crippen molar-refractivity contribution in [1.82, 2.24) is 20.0 Å². The van der Waals surface area contributed by atoms with Crippen molar-refractivity contribution in [2.45, 2.75) is 24.2 Å². The Labute approximate surface area is 151 Å². The number of nitrogens with one attached hydrogen (secondary N) is 1. The lowest BCUT2D eigenvalue weighted by molar-refractivity contribution is -0.121. The van der Waals surface area contributed by atoms with E-state index < -0.39 is 0 Å². The maximum absolute atomic E-state index is 12.2. The van der Waals surface area contributed by atoms with Gasteiger partial charge in [0.25, 0.3) is 5.56 Å². The average Bonchev–Trinajstić information content (AvgIpc) is 3.34. The summed E-state index contributed by atoms with van der Waals surface area (Å²) >= 11 is 3.06. The number of aromatic nitrogens is 3. The van der Waals surface area contributed by atoms with Crippen molar-refractivity contribution in [2.24, 2.45) is 0 Å². The monoisotopic (exact) mass is 374 g/mol. The molecule has 0 aliphatic carbocycles. The van der Waals surface area contributed by atoms with Crippen LogP contribution in [-0.2, 0) is 11.3 Å². The van der Waals surface area contributed by atoms with Crippen LogP contribution in [0, 0.1) is 0 Å². The van der Waals surface area contributed by atoms with Crippen LogP contribution >= 0.6 is 23.1 Å². The van der Waals surface area contributed by atoms with E-state index in [1.807, 2.05) is 23.6 Å². The van der Waals surface area contributed by atoms with Crippen LogP contribution in [0.1, 0.15) is 18.2 Å². The van der Waals surface area contributed by atoms with E-state index in [0.717, 1.165) is 4.88 Å². The second kappa shape index (κ2) is 6.85. The molecule has 1 atom stereocenters. The molecule has 9 heteroatoms. The highest BCUT2D eigenvalue weighted by Gasteiger charge is 2.26. The van der Waals surface area contributed by atoms with Crippen LogP contribution in [0.5, 0.6) is 0 Å². The SMILES string of the molecule is O=C(CC1CSc2nccc(=O)n21)NCc1cc(-c2cccs2)on1. The summed E-state index contributed by atoms with van der Waals surface area (Å²) in [6, 6.07) is 6.97. The summed E-state index contributed by atoms with van der Waals surface area (Å²) in [6.45, 7) is 0.294. The minimum Gasteiger partial charge on any atom is -0.355 e. The molecule has 0 radical (unpaired) electrons. The predicted molar refractivity (Wildman–Crippen MR) is 94.5 cm³/mol. The first kappa shape index (κ1) is 16.1. The summed E-state index contributed by atoms with van der Waals surface area (Å²) in [5.74, 6) is 1.24. The molecule has 0 saturated heterocycles. The highest BCUT2D eigenvalue weighted by molar-refractivity contribution is 7.99. The van der Waals surface area contributed by atoms with Crippen LogP contribution in [0.25, 0.3) is 10.6 Å². The molecule has 1 amide bonds. The van der Waals surface area contributed by atoms with Gasteiger partial charge in [-0.15, -0.1) is 11.3 Å². The zero-order chi connectivity index (χ0) is 17.2. The second-order valence-electron chi connectivity index (χ2n) is 5.54. The quantitative estimate of drug-likeness (QED) is 0.689. The van der Waals surface area contributed by atoms with Gasteiger partial charge in [-0.3, -0.25) is 14.2 Å². The van der Waals surface area contributed by atoms with Gasteiger partial charge in [0.15, 0.2) is 10.9 Å². The number of amides is 1. The minimum atomic E-state index is -0.166. The van der Waals surface area contributed by atoms with Crippen molar-refractivity contribution >= 4 is 29.0 Å². The Bertz CT molecular complexity index is 948. The number of thioether (sulfide) groups is 1. The molecule has 3 aromatic rings. The topological polar surface area (TPSA) is 90.0 Å². The van der Waals surface area contributed by atoms with Gasteiger partial charge < -0.3 is 9.84 Å². The van der Waals surface area contributed by atoms with Gasteiger partial charge in [-0.1, -0.05) is 23.0 Å². The molecule has 7 nitrogen and oxygen atoms in total. The van der Waals surface area contributed by atoms with Crippen molar-refractivity contribution < 1.29 is 9.32 Å². The van der Waals surface area contributed by atoms with Crippen LogP contribution in [0.2, 0.25) is 0 Å². The lowest BCUT2D eigenvalue weighted by Gasteiger charge is -2.12. The smallest absolute Gasteiger partial charge is 0.254 e. The lowest BCUT2D eigenvalue weighted by Crippen LogP contribution is -2.30. The molecule has 1 aliphatic heterocycles. The van der Waals surface area contributed by atoms with Gasteiger partial charge in [-0.2, -0.15) is 0 Å². The fraction of sp³-hybridized carbons (Fsp3) is 0.250. The van der Waals surface area contributed by atoms with Gasteiger partial charge in [0.2, 0.25) is 5.91 Å². The molecule has 0 aromatic carbocycles. The van der Waals surface area contributed by atoms with E-state index in [1.54, 1.807) is 15.9 Å². The van der Waals surface area contributed by atoms with Gasteiger partial charge in [0.05, 0.1) is 17.5 Å². The maximum atomic E-state index is 12.2. The Morgan fingerprint density at radius 3 is 3.20 bits per heavy atom. The summed E-state index contributed by atoms with van der Waals surface area (Å²) in [5, 5.41) is 9.44. The fourth-order valence-electron chi connectivity index (χ4n) is 2.65. The number of carbonyl (C=O) groups excluding carboxylic acids is 1. The third-order valence-corrected chi connectivity index (χ3v) is 5.82. The maximum Gasteiger partial charge on any atom is 0.254 e. The molecule has 128 valence electrons. The minimum absolute atomic E-state index is 0.120. The zero-order valence-electron chi connectivity index (χ0n) is 13.0. The molecule has 3 aromatic heterocycles.